The summed E-state index contributed by atoms with van der Waals surface area (Å²) >= 11 is 4.80. The van der Waals surface area contributed by atoms with Gasteiger partial charge >= 0.3 is 0 Å². The molecule has 22 heavy (non-hydrogen) atoms. The lowest BCUT2D eigenvalue weighted by molar-refractivity contribution is 0.0902. The number of nitrogens with one attached hydrogen (secondary N) is 1. The van der Waals surface area contributed by atoms with E-state index < -0.39 is 9.84 Å². The fourth-order valence-corrected chi connectivity index (χ4v) is 6.22. The van der Waals surface area contributed by atoms with Crippen LogP contribution in [0.4, 0.5) is 0 Å². The molecule has 2 aliphatic rings. The van der Waals surface area contributed by atoms with Crippen molar-refractivity contribution in [3.05, 3.63) is 20.8 Å². The fraction of sp³-hybridized carbons (Fsp3) is 0.643. The highest BCUT2D eigenvalue weighted by Crippen LogP contribution is 2.24. The smallest absolute Gasteiger partial charge is 0.261 e. The summed E-state index contributed by atoms with van der Waals surface area (Å²) in [7, 11) is -2.83. The molecule has 0 radical (unpaired) electrons. The highest BCUT2D eigenvalue weighted by Gasteiger charge is 2.34. The Kier molecular flexibility index (Phi) is 4.92. The third-order valence-electron chi connectivity index (χ3n) is 4.39. The molecule has 0 bridgehead atoms. The molecular weight excluding hydrogens is 388 g/mol. The van der Waals surface area contributed by atoms with Crippen molar-refractivity contribution in [2.24, 2.45) is 0 Å². The van der Waals surface area contributed by atoms with Crippen LogP contribution in [-0.2, 0) is 9.84 Å². The second kappa shape index (κ2) is 6.59. The molecule has 1 atom stereocenters. The van der Waals surface area contributed by atoms with Crippen LogP contribution >= 0.6 is 27.3 Å². The third kappa shape index (κ3) is 3.90. The molecule has 3 heterocycles. The Hall–Kier alpha value is -0.440. The van der Waals surface area contributed by atoms with Gasteiger partial charge in [0, 0.05) is 25.2 Å². The highest BCUT2D eigenvalue weighted by molar-refractivity contribution is 9.11. The largest absolute Gasteiger partial charge is 0.349 e. The molecule has 1 unspecified atom stereocenters. The molecule has 2 fully saturated rings. The van der Waals surface area contributed by atoms with E-state index in [9.17, 15) is 13.2 Å². The first-order chi connectivity index (χ1) is 10.4. The van der Waals surface area contributed by atoms with E-state index in [-0.39, 0.29) is 18.0 Å². The molecular formula is C14H19BrN2O3S2. The molecule has 0 saturated carbocycles. The normalized spacial score (nSPS) is 26.1. The number of rotatable bonds is 3. The Labute approximate surface area is 143 Å². The van der Waals surface area contributed by atoms with Crippen LogP contribution in [0.2, 0.25) is 0 Å². The van der Waals surface area contributed by atoms with Gasteiger partial charge in [-0.2, -0.15) is 0 Å². The third-order valence-corrected chi connectivity index (χ3v) is 7.76. The number of piperidine rings is 1. The Balaban J connectivity index is 1.49. The van der Waals surface area contributed by atoms with Crippen LogP contribution in [0.3, 0.4) is 0 Å². The number of likely N-dealkylation sites (tertiary alicyclic amines) is 1. The summed E-state index contributed by atoms with van der Waals surface area (Å²) in [5.74, 6) is 0.604. The molecule has 2 aliphatic heterocycles. The zero-order valence-electron chi connectivity index (χ0n) is 12.1. The maximum Gasteiger partial charge on any atom is 0.261 e. The number of halogens is 1. The lowest BCUT2D eigenvalue weighted by atomic mass is 10.0. The van der Waals surface area contributed by atoms with Gasteiger partial charge in [0.2, 0.25) is 0 Å². The first-order valence-corrected chi connectivity index (χ1v) is 10.9. The Morgan fingerprint density at radius 2 is 2.00 bits per heavy atom. The summed E-state index contributed by atoms with van der Waals surface area (Å²) in [4.78, 5) is 15.1. The van der Waals surface area contributed by atoms with Gasteiger partial charge in [0.15, 0.2) is 9.84 Å². The van der Waals surface area contributed by atoms with Gasteiger partial charge in [-0.15, -0.1) is 11.3 Å². The van der Waals surface area contributed by atoms with E-state index in [2.05, 4.69) is 26.1 Å². The maximum absolute atomic E-state index is 12.1. The number of carbonyl (C=O) groups excluding carboxylic acids is 1. The highest BCUT2D eigenvalue weighted by atomic mass is 79.9. The summed E-state index contributed by atoms with van der Waals surface area (Å²) < 4.78 is 24.1. The summed E-state index contributed by atoms with van der Waals surface area (Å²) in [5, 5.41) is 3.08. The quantitative estimate of drug-likeness (QED) is 0.831. The van der Waals surface area contributed by atoms with E-state index in [1.54, 1.807) is 0 Å². The molecule has 1 N–H and O–H groups in total. The topological polar surface area (TPSA) is 66.5 Å². The predicted octanol–water partition coefficient (Wildman–Crippen LogP) is 1.89. The van der Waals surface area contributed by atoms with Gasteiger partial charge in [0.25, 0.3) is 5.91 Å². The van der Waals surface area contributed by atoms with Gasteiger partial charge in [-0.1, -0.05) is 0 Å². The monoisotopic (exact) mass is 406 g/mol. The molecule has 0 aromatic carbocycles. The lowest BCUT2D eigenvalue weighted by Crippen LogP contribution is -2.48. The van der Waals surface area contributed by atoms with Crippen LogP contribution in [-0.4, -0.2) is 55.9 Å². The molecule has 3 rings (SSSR count). The summed E-state index contributed by atoms with van der Waals surface area (Å²) in [5.41, 5.74) is 0. The zero-order valence-corrected chi connectivity index (χ0v) is 15.3. The molecule has 1 aromatic heterocycles. The van der Waals surface area contributed by atoms with E-state index in [0.29, 0.717) is 11.5 Å². The SMILES string of the molecule is O=C(NC1CCN(C2CCS(=O)(=O)C2)CC1)c1ccc(Br)s1. The minimum Gasteiger partial charge on any atom is -0.349 e. The minimum atomic E-state index is -2.83. The van der Waals surface area contributed by atoms with Crippen molar-refractivity contribution in [3.63, 3.8) is 0 Å². The van der Waals surface area contributed by atoms with E-state index >= 15 is 0 Å². The Morgan fingerprint density at radius 3 is 2.55 bits per heavy atom. The number of amides is 1. The average Bonchev–Trinajstić information content (AvgIpc) is 3.05. The van der Waals surface area contributed by atoms with Crippen molar-refractivity contribution in [2.45, 2.75) is 31.3 Å². The van der Waals surface area contributed by atoms with Crippen molar-refractivity contribution in [2.75, 3.05) is 24.6 Å². The maximum atomic E-state index is 12.1. The summed E-state index contributed by atoms with van der Waals surface area (Å²) in [6, 6.07) is 4.06. The minimum absolute atomic E-state index is 0.0161. The molecule has 0 aliphatic carbocycles. The van der Waals surface area contributed by atoms with Crippen molar-refractivity contribution < 1.29 is 13.2 Å². The molecule has 122 valence electrons. The van der Waals surface area contributed by atoms with E-state index in [4.69, 9.17) is 0 Å². The Bertz CT molecular complexity index is 651. The number of thiophene rings is 1. The van der Waals surface area contributed by atoms with E-state index in [1.165, 1.54) is 11.3 Å². The van der Waals surface area contributed by atoms with Crippen LogP contribution in [0.5, 0.6) is 0 Å². The number of nitrogens with zero attached hydrogens (tertiary/aromatic N) is 1. The van der Waals surface area contributed by atoms with Crippen LogP contribution in [0, 0.1) is 0 Å². The number of hydrogen-bond acceptors (Lipinski definition) is 5. The number of hydrogen-bond donors (Lipinski definition) is 1. The zero-order chi connectivity index (χ0) is 15.7. The average molecular weight is 407 g/mol. The van der Waals surface area contributed by atoms with Crippen LogP contribution in [0.15, 0.2) is 15.9 Å². The van der Waals surface area contributed by atoms with Crippen LogP contribution in [0.1, 0.15) is 28.9 Å². The first kappa shape index (κ1) is 16.4. The second-order valence-corrected chi connectivity index (χ2v) is 10.6. The number of sulfone groups is 1. The van der Waals surface area contributed by atoms with Crippen molar-refractivity contribution in [1.29, 1.82) is 0 Å². The molecule has 1 amide bonds. The molecule has 0 spiro atoms. The van der Waals surface area contributed by atoms with Crippen molar-refractivity contribution in [1.82, 2.24) is 10.2 Å². The van der Waals surface area contributed by atoms with Gasteiger partial charge in [-0.25, -0.2) is 8.42 Å². The van der Waals surface area contributed by atoms with E-state index in [0.717, 1.165) is 41.0 Å². The summed E-state index contributed by atoms with van der Waals surface area (Å²) in [6.45, 7) is 1.72. The van der Waals surface area contributed by atoms with Crippen LogP contribution in [0.25, 0.3) is 0 Å². The van der Waals surface area contributed by atoms with Gasteiger partial charge in [-0.3, -0.25) is 9.69 Å². The molecule has 2 saturated heterocycles. The van der Waals surface area contributed by atoms with Gasteiger partial charge in [0.1, 0.15) is 0 Å². The molecule has 8 heteroatoms. The fourth-order valence-electron chi connectivity index (χ4n) is 3.17. The van der Waals surface area contributed by atoms with Crippen molar-refractivity contribution >= 4 is 43.0 Å². The Morgan fingerprint density at radius 1 is 1.27 bits per heavy atom. The van der Waals surface area contributed by atoms with Gasteiger partial charge < -0.3 is 5.32 Å². The second-order valence-electron chi connectivity index (χ2n) is 5.94. The number of carbonyl (C=O) groups is 1. The van der Waals surface area contributed by atoms with Crippen LogP contribution < -0.4 is 5.32 Å². The van der Waals surface area contributed by atoms with Gasteiger partial charge in [-0.05, 0) is 47.3 Å². The predicted molar refractivity (Wildman–Crippen MR) is 91.1 cm³/mol. The van der Waals surface area contributed by atoms with Crippen molar-refractivity contribution in [3.8, 4) is 0 Å². The molecule has 1 aromatic rings. The standard InChI is InChI=1S/C14H19BrN2O3S2/c15-13-2-1-12(21-13)14(18)16-10-3-6-17(7-4-10)11-5-8-22(19,20)9-11/h1-2,10-11H,3-9H2,(H,16,18). The summed E-state index contributed by atoms with van der Waals surface area (Å²) in [6.07, 6.45) is 2.52. The lowest BCUT2D eigenvalue weighted by Gasteiger charge is -2.35. The van der Waals surface area contributed by atoms with Gasteiger partial charge in [0.05, 0.1) is 20.2 Å². The van der Waals surface area contributed by atoms with E-state index in [1.807, 2.05) is 12.1 Å². The first-order valence-electron chi connectivity index (χ1n) is 7.44. The molecule has 5 nitrogen and oxygen atoms in total.